The van der Waals surface area contributed by atoms with Gasteiger partial charge in [-0.15, -0.1) is 0 Å². The fourth-order valence-corrected chi connectivity index (χ4v) is 3.54. The van der Waals surface area contributed by atoms with Gasteiger partial charge in [-0.2, -0.15) is 11.8 Å². The van der Waals surface area contributed by atoms with Crippen LogP contribution >= 0.6 is 11.8 Å². The maximum atomic E-state index is 12.2. The van der Waals surface area contributed by atoms with Crippen LogP contribution in [0.5, 0.6) is 0 Å². The van der Waals surface area contributed by atoms with Gasteiger partial charge >= 0.3 is 0 Å². The molecule has 0 aromatic carbocycles. The second kappa shape index (κ2) is 7.50. The zero-order valence-electron chi connectivity index (χ0n) is 11.8. The molecule has 1 unspecified atom stereocenters. The monoisotopic (exact) mass is 294 g/mol. The molecule has 0 spiro atoms. The highest BCUT2D eigenvalue weighted by Gasteiger charge is 2.17. The highest BCUT2D eigenvalue weighted by Crippen LogP contribution is 2.22. The fourth-order valence-electron chi connectivity index (χ4n) is 2.26. The zero-order chi connectivity index (χ0) is 14.4. The number of hydrazine groups is 1. The lowest BCUT2D eigenvalue weighted by molar-refractivity contribution is 0.0948. The standard InChI is InChI=1S/C14H22N4OS/c1-2-3-12-6-11(7-13(17-12)18-15)14(19)16-8-10-4-5-20-9-10/h6-7,10H,2-5,8-9,15H2,1H3,(H,16,19)(H,17,18). The Morgan fingerprint density at radius 2 is 2.40 bits per heavy atom. The number of nitrogens with two attached hydrogens (primary N) is 1. The van der Waals surface area contributed by atoms with E-state index in [-0.39, 0.29) is 5.91 Å². The first kappa shape index (κ1) is 15.1. The third-order valence-corrected chi connectivity index (χ3v) is 4.60. The number of carbonyl (C=O) groups is 1. The average molecular weight is 294 g/mol. The van der Waals surface area contributed by atoms with E-state index < -0.39 is 0 Å². The number of nitrogen functional groups attached to an aromatic ring is 1. The van der Waals surface area contributed by atoms with Gasteiger partial charge in [-0.05, 0) is 42.4 Å². The van der Waals surface area contributed by atoms with E-state index in [9.17, 15) is 4.79 Å². The van der Waals surface area contributed by atoms with Crippen LogP contribution in [-0.4, -0.2) is 28.9 Å². The van der Waals surface area contributed by atoms with Crippen LogP contribution in [0, 0.1) is 5.92 Å². The van der Waals surface area contributed by atoms with Crippen molar-refractivity contribution in [3.05, 3.63) is 23.4 Å². The third kappa shape index (κ3) is 4.11. The Hall–Kier alpha value is -1.27. The SMILES string of the molecule is CCCc1cc(C(=O)NCC2CCSC2)cc(NN)n1. The predicted octanol–water partition coefficient (Wildman–Crippen LogP) is 1.80. The summed E-state index contributed by atoms with van der Waals surface area (Å²) in [4.78, 5) is 16.6. The Bertz CT molecular complexity index is 460. The number of nitrogens with zero attached hydrogens (tertiary/aromatic N) is 1. The first-order valence-corrected chi connectivity index (χ1v) is 8.22. The summed E-state index contributed by atoms with van der Waals surface area (Å²) in [5, 5.41) is 3.01. The van der Waals surface area contributed by atoms with Gasteiger partial charge in [-0.3, -0.25) is 4.79 Å². The lowest BCUT2D eigenvalue weighted by atomic mass is 10.1. The lowest BCUT2D eigenvalue weighted by Crippen LogP contribution is -2.29. The number of amides is 1. The molecule has 20 heavy (non-hydrogen) atoms. The van der Waals surface area contributed by atoms with Gasteiger partial charge in [0.1, 0.15) is 5.82 Å². The van der Waals surface area contributed by atoms with Gasteiger partial charge in [-0.25, -0.2) is 10.8 Å². The van der Waals surface area contributed by atoms with Crippen LogP contribution in [0.25, 0.3) is 0 Å². The normalized spacial score (nSPS) is 18.0. The quantitative estimate of drug-likeness (QED) is 0.551. The average Bonchev–Trinajstić information content (AvgIpc) is 2.98. The van der Waals surface area contributed by atoms with Gasteiger partial charge in [0, 0.05) is 17.8 Å². The van der Waals surface area contributed by atoms with Gasteiger partial charge in [-0.1, -0.05) is 13.3 Å². The van der Waals surface area contributed by atoms with E-state index in [4.69, 9.17) is 5.84 Å². The number of nitrogens with one attached hydrogen (secondary N) is 2. The summed E-state index contributed by atoms with van der Waals surface area (Å²) < 4.78 is 0. The smallest absolute Gasteiger partial charge is 0.251 e. The van der Waals surface area contributed by atoms with Gasteiger partial charge in [0.25, 0.3) is 5.91 Å². The van der Waals surface area contributed by atoms with Crippen molar-refractivity contribution in [1.82, 2.24) is 10.3 Å². The minimum Gasteiger partial charge on any atom is -0.352 e. The summed E-state index contributed by atoms with van der Waals surface area (Å²) in [6, 6.07) is 3.54. The number of hydrogen-bond donors (Lipinski definition) is 3. The predicted molar refractivity (Wildman–Crippen MR) is 83.8 cm³/mol. The van der Waals surface area contributed by atoms with Crippen LogP contribution in [0.2, 0.25) is 0 Å². The molecule has 4 N–H and O–H groups in total. The number of pyridine rings is 1. The Kier molecular flexibility index (Phi) is 5.67. The summed E-state index contributed by atoms with van der Waals surface area (Å²) in [7, 11) is 0. The minimum atomic E-state index is -0.0434. The fraction of sp³-hybridized carbons (Fsp3) is 0.571. The molecule has 1 atom stereocenters. The van der Waals surface area contributed by atoms with Crippen LogP contribution in [0.4, 0.5) is 5.82 Å². The molecule has 2 heterocycles. The number of aromatic nitrogens is 1. The Balaban J connectivity index is 2.01. The molecule has 2 rings (SSSR count). The largest absolute Gasteiger partial charge is 0.352 e. The topological polar surface area (TPSA) is 80.0 Å². The second-order valence-electron chi connectivity index (χ2n) is 5.07. The molecule has 0 saturated carbocycles. The van der Waals surface area contributed by atoms with Crippen molar-refractivity contribution in [2.75, 3.05) is 23.5 Å². The van der Waals surface area contributed by atoms with Gasteiger partial charge in [0.15, 0.2) is 0 Å². The number of rotatable bonds is 6. The summed E-state index contributed by atoms with van der Waals surface area (Å²) in [6.07, 6.45) is 3.02. The Morgan fingerprint density at radius 3 is 3.05 bits per heavy atom. The molecule has 5 nitrogen and oxygen atoms in total. The maximum absolute atomic E-state index is 12.2. The molecule has 6 heteroatoms. The molecule has 1 saturated heterocycles. The summed E-state index contributed by atoms with van der Waals surface area (Å²) in [5.74, 6) is 8.86. The molecule has 1 aromatic rings. The Morgan fingerprint density at radius 1 is 1.55 bits per heavy atom. The van der Waals surface area contributed by atoms with Crippen LogP contribution in [0.15, 0.2) is 12.1 Å². The number of anilines is 1. The number of hydrogen-bond acceptors (Lipinski definition) is 5. The van der Waals surface area contributed by atoms with Crippen molar-refractivity contribution in [2.45, 2.75) is 26.2 Å². The van der Waals surface area contributed by atoms with Gasteiger partial charge in [0.2, 0.25) is 0 Å². The van der Waals surface area contributed by atoms with E-state index in [2.05, 4.69) is 22.7 Å². The molecule has 0 aliphatic carbocycles. The molecular formula is C14H22N4OS. The van der Waals surface area contributed by atoms with Crippen molar-refractivity contribution in [3.63, 3.8) is 0 Å². The van der Waals surface area contributed by atoms with Gasteiger partial charge in [0.05, 0.1) is 0 Å². The summed E-state index contributed by atoms with van der Waals surface area (Å²) in [5.41, 5.74) is 4.04. The summed E-state index contributed by atoms with van der Waals surface area (Å²) >= 11 is 1.96. The molecule has 110 valence electrons. The molecule has 0 radical (unpaired) electrons. The van der Waals surface area contributed by atoms with Crippen LogP contribution in [-0.2, 0) is 6.42 Å². The second-order valence-corrected chi connectivity index (χ2v) is 6.22. The summed E-state index contributed by atoms with van der Waals surface area (Å²) in [6.45, 7) is 2.84. The molecule has 1 amide bonds. The van der Waals surface area contributed by atoms with E-state index in [1.54, 1.807) is 6.07 Å². The van der Waals surface area contributed by atoms with E-state index in [1.807, 2.05) is 17.8 Å². The van der Waals surface area contributed by atoms with E-state index in [1.165, 1.54) is 12.2 Å². The third-order valence-electron chi connectivity index (χ3n) is 3.37. The number of thioether (sulfide) groups is 1. The maximum Gasteiger partial charge on any atom is 0.251 e. The lowest BCUT2D eigenvalue weighted by Gasteiger charge is -2.11. The van der Waals surface area contributed by atoms with Crippen molar-refractivity contribution in [2.24, 2.45) is 11.8 Å². The highest BCUT2D eigenvalue weighted by molar-refractivity contribution is 7.99. The van der Waals surface area contributed by atoms with Gasteiger partial charge < -0.3 is 10.7 Å². The molecule has 1 fully saturated rings. The van der Waals surface area contributed by atoms with E-state index >= 15 is 0 Å². The molecule has 1 aliphatic heterocycles. The van der Waals surface area contributed by atoms with Crippen molar-refractivity contribution in [3.8, 4) is 0 Å². The van der Waals surface area contributed by atoms with Crippen molar-refractivity contribution in [1.29, 1.82) is 0 Å². The highest BCUT2D eigenvalue weighted by atomic mass is 32.2. The van der Waals surface area contributed by atoms with Crippen LogP contribution in [0.1, 0.15) is 35.8 Å². The van der Waals surface area contributed by atoms with E-state index in [0.29, 0.717) is 17.3 Å². The zero-order valence-corrected chi connectivity index (χ0v) is 12.6. The van der Waals surface area contributed by atoms with E-state index in [0.717, 1.165) is 30.8 Å². The Labute approximate surface area is 124 Å². The first-order valence-electron chi connectivity index (χ1n) is 7.06. The first-order chi connectivity index (χ1) is 9.72. The van der Waals surface area contributed by atoms with Crippen LogP contribution < -0.4 is 16.6 Å². The molecule has 0 bridgehead atoms. The van der Waals surface area contributed by atoms with Crippen molar-refractivity contribution >= 4 is 23.5 Å². The van der Waals surface area contributed by atoms with Crippen LogP contribution in [0.3, 0.4) is 0 Å². The molecule has 1 aliphatic rings. The molecular weight excluding hydrogens is 272 g/mol. The number of carbonyl (C=O) groups excluding carboxylic acids is 1. The number of aryl methyl sites for hydroxylation is 1. The molecule has 1 aromatic heterocycles. The minimum absolute atomic E-state index is 0.0434. The van der Waals surface area contributed by atoms with Crippen molar-refractivity contribution < 1.29 is 4.79 Å².